The Hall–Kier alpha value is -0.315. The molecule has 0 bridgehead atoms. The van der Waals surface area contributed by atoms with Crippen LogP contribution >= 0.6 is 12.6 Å². The van der Waals surface area contributed by atoms with Crippen LogP contribution in [-0.4, -0.2) is 25.1 Å². The smallest absolute Gasteiger partial charge is 0.189 e. The molecule has 0 rings (SSSR count). The van der Waals surface area contributed by atoms with Gasteiger partial charge in [-0.25, -0.2) is 4.99 Å². The molecule has 56 valence electrons. The lowest BCUT2D eigenvalue weighted by molar-refractivity contribution is 0.860. The third-order valence-electron chi connectivity index (χ3n) is 0.701. The van der Waals surface area contributed by atoms with Crippen LogP contribution in [0.1, 0.15) is 13.8 Å². The number of nitrogens with two attached hydrogens (primary N) is 1. The summed E-state index contributed by atoms with van der Waals surface area (Å²) in [5.74, 6) is 0.160. The molecule has 0 aliphatic rings. The Labute approximate surface area is 68.3 Å². The molecule has 2 unspecified atom stereocenters. The molecule has 0 saturated heterocycles. The molecule has 0 aromatic rings. The zero-order chi connectivity index (χ0) is 8.15. The first-order valence-electron chi connectivity index (χ1n) is 3.06. The van der Waals surface area contributed by atoms with Gasteiger partial charge in [0.2, 0.25) is 0 Å². The molecule has 0 fully saturated rings. The fourth-order valence-electron chi connectivity index (χ4n) is 0.472. The molecule has 5 heteroatoms. The van der Waals surface area contributed by atoms with E-state index < -0.39 is 0 Å². The number of nitrogens with one attached hydrogen (secondary N) is 1. The van der Waals surface area contributed by atoms with Crippen molar-refractivity contribution >= 4 is 26.4 Å². The molecule has 3 N–H and O–H groups in total. The number of thiol groups is 1. The van der Waals surface area contributed by atoms with E-state index in [1.165, 1.54) is 0 Å². The average molecular weight is 157 g/mol. The van der Waals surface area contributed by atoms with Crippen molar-refractivity contribution in [3.8, 4) is 0 Å². The van der Waals surface area contributed by atoms with Crippen LogP contribution in [0.4, 0.5) is 0 Å². The van der Waals surface area contributed by atoms with E-state index in [2.05, 4.69) is 22.9 Å². The molecule has 0 spiro atoms. The third-order valence-corrected chi connectivity index (χ3v) is 0.817. The van der Waals surface area contributed by atoms with Crippen molar-refractivity contribution in [2.75, 3.05) is 0 Å². The first kappa shape index (κ1) is 9.68. The van der Waals surface area contributed by atoms with Crippen LogP contribution in [0.15, 0.2) is 4.99 Å². The Morgan fingerprint density at radius 1 is 1.70 bits per heavy atom. The lowest BCUT2D eigenvalue weighted by Crippen LogP contribution is -2.39. The molecule has 2 atom stereocenters. The lowest BCUT2D eigenvalue weighted by Gasteiger charge is -2.09. The molecule has 3 nitrogen and oxygen atoms in total. The highest BCUT2D eigenvalue weighted by Gasteiger charge is 1.95. The van der Waals surface area contributed by atoms with Crippen molar-refractivity contribution in [2.24, 2.45) is 10.7 Å². The molecule has 10 heavy (non-hydrogen) atoms. The zero-order valence-electron chi connectivity index (χ0n) is 6.20. The van der Waals surface area contributed by atoms with E-state index in [4.69, 9.17) is 13.6 Å². The SMILES string of the molecule is [B]C(C)NC(N)=NC(C)S. The zero-order valence-corrected chi connectivity index (χ0v) is 7.10. The van der Waals surface area contributed by atoms with Gasteiger partial charge in [0.05, 0.1) is 13.2 Å². The second-order valence-corrected chi connectivity index (χ2v) is 2.83. The number of hydrogen-bond acceptors (Lipinski definition) is 2. The second-order valence-electron chi connectivity index (χ2n) is 2.08. The standard InChI is InChI=1S/C5H12BN3S/c1-3(6)8-5(7)9-4(2)10/h3-4,10H,1-2H3,(H3,7,8,9). The van der Waals surface area contributed by atoms with Gasteiger partial charge in [-0.3, -0.25) is 0 Å². The van der Waals surface area contributed by atoms with E-state index >= 15 is 0 Å². The Bertz CT molecular complexity index is 124. The molecule has 0 saturated carbocycles. The summed E-state index contributed by atoms with van der Waals surface area (Å²) in [6.07, 6.45) is 0. The van der Waals surface area contributed by atoms with Crippen molar-refractivity contribution in [1.82, 2.24) is 5.32 Å². The largest absolute Gasteiger partial charge is 0.370 e. The molecule has 2 radical (unpaired) electrons. The predicted molar refractivity (Wildman–Crippen MR) is 48.4 cm³/mol. The van der Waals surface area contributed by atoms with Crippen molar-refractivity contribution < 1.29 is 0 Å². The highest BCUT2D eigenvalue weighted by atomic mass is 32.1. The van der Waals surface area contributed by atoms with Crippen LogP contribution in [-0.2, 0) is 0 Å². The van der Waals surface area contributed by atoms with Gasteiger partial charge in [-0.2, -0.15) is 12.6 Å². The third kappa shape index (κ3) is 5.82. The number of hydrogen-bond donors (Lipinski definition) is 3. The van der Waals surface area contributed by atoms with Crippen LogP contribution in [0.5, 0.6) is 0 Å². The Morgan fingerprint density at radius 3 is 2.50 bits per heavy atom. The molecule has 0 aliphatic heterocycles. The summed E-state index contributed by atoms with van der Waals surface area (Å²) >= 11 is 4.01. The minimum absolute atomic E-state index is 0.0914. The Balaban J connectivity index is 3.71. The molecule has 0 aromatic carbocycles. The topological polar surface area (TPSA) is 50.4 Å². The van der Waals surface area contributed by atoms with Crippen LogP contribution in [0, 0.1) is 0 Å². The fourth-order valence-corrected chi connectivity index (χ4v) is 0.596. The highest BCUT2D eigenvalue weighted by molar-refractivity contribution is 7.80. The summed E-state index contributed by atoms with van der Waals surface area (Å²) < 4.78 is 0. The van der Waals surface area contributed by atoms with Crippen molar-refractivity contribution in [3.63, 3.8) is 0 Å². The van der Waals surface area contributed by atoms with E-state index in [1.807, 2.05) is 6.92 Å². The Morgan fingerprint density at radius 2 is 2.20 bits per heavy atom. The van der Waals surface area contributed by atoms with Crippen molar-refractivity contribution in [2.45, 2.75) is 25.2 Å². The minimum Gasteiger partial charge on any atom is -0.370 e. The Kier molecular flexibility index (Phi) is 4.35. The van der Waals surface area contributed by atoms with Gasteiger partial charge in [-0.1, -0.05) is 6.92 Å². The maximum absolute atomic E-state index is 5.39. The van der Waals surface area contributed by atoms with Gasteiger partial charge in [-0.05, 0) is 12.9 Å². The van der Waals surface area contributed by atoms with E-state index in [0.29, 0.717) is 5.96 Å². The monoisotopic (exact) mass is 157 g/mol. The number of nitrogens with zero attached hydrogens (tertiary/aromatic N) is 1. The molecule has 0 aliphatic carbocycles. The van der Waals surface area contributed by atoms with Gasteiger partial charge in [-0.15, -0.1) is 0 Å². The summed E-state index contributed by atoms with van der Waals surface area (Å²) in [5.41, 5.74) is 5.39. The number of guanidine groups is 1. The minimum atomic E-state index is -0.171. The van der Waals surface area contributed by atoms with Gasteiger partial charge in [0.25, 0.3) is 0 Å². The maximum Gasteiger partial charge on any atom is 0.189 e. The van der Waals surface area contributed by atoms with Crippen LogP contribution in [0.2, 0.25) is 0 Å². The first-order chi connectivity index (χ1) is 4.52. The summed E-state index contributed by atoms with van der Waals surface area (Å²) in [4.78, 5) is 3.89. The predicted octanol–water partition coefficient (Wildman–Crippen LogP) is -0.319. The van der Waals surface area contributed by atoms with Gasteiger partial charge >= 0.3 is 0 Å². The molecule has 0 heterocycles. The quantitative estimate of drug-likeness (QED) is 0.223. The summed E-state index contributed by atoms with van der Waals surface area (Å²) in [7, 11) is 5.37. The molecule has 0 aromatic heterocycles. The molecule has 0 amide bonds. The van der Waals surface area contributed by atoms with Crippen LogP contribution in [0.3, 0.4) is 0 Å². The summed E-state index contributed by atoms with van der Waals surface area (Å²) in [5, 5.41) is 2.64. The summed E-state index contributed by atoms with van der Waals surface area (Å²) in [6, 6.07) is 0. The van der Waals surface area contributed by atoms with E-state index in [9.17, 15) is 0 Å². The normalized spacial score (nSPS) is 18.1. The van der Waals surface area contributed by atoms with Gasteiger partial charge < -0.3 is 11.1 Å². The van der Waals surface area contributed by atoms with Crippen LogP contribution < -0.4 is 11.1 Å². The van der Waals surface area contributed by atoms with E-state index in [1.54, 1.807) is 6.92 Å². The van der Waals surface area contributed by atoms with Crippen LogP contribution in [0.25, 0.3) is 0 Å². The fraction of sp³-hybridized carbons (Fsp3) is 0.800. The average Bonchev–Trinajstić information content (AvgIpc) is 1.58. The lowest BCUT2D eigenvalue weighted by atomic mass is 10.00. The van der Waals surface area contributed by atoms with Gasteiger partial charge in [0.15, 0.2) is 5.96 Å². The van der Waals surface area contributed by atoms with Gasteiger partial charge in [0, 0.05) is 0 Å². The van der Waals surface area contributed by atoms with Crippen molar-refractivity contribution in [3.05, 3.63) is 0 Å². The number of rotatable bonds is 2. The van der Waals surface area contributed by atoms with E-state index in [0.717, 1.165) is 0 Å². The summed E-state index contributed by atoms with van der Waals surface area (Å²) in [6.45, 7) is 3.60. The molecular weight excluding hydrogens is 145 g/mol. The van der Waals surface area contributed by atoms with E-state index in [-0.39, 0.29) is 11.3 Å². The van der Waals surface area contributed by atoms with Gasteiger partial charge in [0.1, 0.15) is 0 Å². The van der Waals surface area contributed by atoms with Crippen molar-refractivity contribution in [1.29, 1.82) is 0 Å². The first-order valence-corrected chi connectivity index (χ1v) is 3.57. The second kappa shape index (κ2) is 4.49. The maximum atomic E-state index is 5.39. The molecular formula is C5H12BN3S. The highest BCUT2D eigenvalue weighted by Crippen LogP contribution is 1.91. The number of aliphatic imine (C=N–C) groups is 1.